The lowest BCUT2D eigenvalue weighted by molar-refractivity contribution is -0.0705. The van der Waals surface area contributed by atoms with Crippen molar-refractivity contribution < 1.29 is 4.74 Å². The van der Waals surface area contributed by atoms with Gasteiger partial charge in [-0.15, -0.1) is 0 Å². The first kappa shape index (κ1) is 13.0. The van der Waals surface area contributed by atoms with Gasteiger partial charge < -0.3 is 10.5 Å². The second kappa shape index (κ2) is 5.46. The molecule has 2 atom stereocenters. The fourth-order valence-electron chi connectivity index (χ4n) is 2.46. The topological polar surface area (TPSA) is 75.2 Å². The molecule has 2 heterocycles. The highest BCUT2D eigenvalue weighted by Gasteiger charge is 2.23. The molecule has 0 saturated carbocycles. The summed E-state index contributed by atoms with van der Waals surface area (Å²) in [5.41, 5.74) is 7.15. The Morgan fingerprint density at radius 3 is 2.78 bits per heavy atom. The monoisotopic (exact) mass is 248 g/mol. The third kappa shape index (κ3) is 3.05. The lowest BCUT2D eigenvalue weighted by atomic mass is 10.1. The first-order valence-corrected chi connectivity index (χ1v) is 6.22. The third-order valence-electron chi connectivity index (χ3n) is 3.04. The molecule has 1 aromatic heterocycles. The molecule has 1 saturated heterocycles. The molecule has 0 spiro atoms. The number of morpholine rings is 1. The number of amidine groups is 1. The lowest BCUT2D eigenvalue weighted by Gasteiger charge is -2.35. The van der Waals surface area contributed by atoms with E-state index in [1.807, 2.05) is 12.1 Å². The smallest absolute Gasteiger partial charge is 0.142 e. The van der Waals surface area contributed by atoms with Crippen LogP contribution < -0.4 is 5.73 Å². The van der Waals surface area contributed by atoms with E-state index in [0.717, 1.165) is 25.2 Å². The molecule has 0 aliphatic carbocycles. The first-order valence-electron chi connectivity index (χ1n) is 6.22. The maximum Gasteiger partial charge on any atom is 0.142 e. The molecule has 5 nitrogen and oxygen atoms in total. The number of nitrogen functional groups attached to an aromatic ring is 1. The van der Waals surface area contributed by atoms with Crippen LogP contribution in [0.15, 0.2) is 18.3 Å². The van der Waals surface area contributed by atoms with E-state index in [4.69, 9.17) is 15.9 Å². The maximum atomic E-state index is 7.54. The van der Waals surface area contributed by atoms with Crippen molar-refractivity contribution in [3.8, 4) is 0 Å². The fourth-order valence-corrected chi connectivity index (χ4v) is 2.46. The van der Waals surface area contributed by atoms with Crippen LogP contribution in [0.4, 0.5) is 0 Å². The van der Waals surface area contributed by atoms with Crippen molar-refractivity contribution in [3.05, 3.63) is 29.6 Å². The lowest BCUT2D eigenvalue weighted by Crippen LogP contribution is -2.45. The van der Waals surface area contributed by atoms with Crippen LogP contribution in [0.5, 0.6) is 0 Å². The SMILES string of the molecule is CC1CN(Cc2cccnc2C(=N)N)CC(C)O1. The van der Waals surface area contributed by atoms with E-state index in [-0.39, 0.29) is 18.0 Å². The van der Waals surface area contributed by atoms with Gasteiger partial charge >= 0.3 is 0 Å². The van der Waals surface area contributed by atoms with Gasteiger partial charge in [0.25, 0.3) is 0 Å². The molecule has 18 heavy (non-hydrogen) atoms. The molecule has 2 unspecified atom stereocenters. The van der Waals surface area contributed by atoms with Gasteiger partial charge in [0.15, 0.2) is 0 Å². The zero-order valence-corrected chi connectivity index (χ0v) is 10.9. The van der Waals surface area contributed by atoms with E-state index in [1.54, 1.807) is 6.20 Å². The van der Waals surface area contributed by atoms with E-state index >= 15 is 0 Å². The van der Waals surface area contributed by atoms with Crippen LogP contribution in [-0.4, -0.2) is 41.0 Å². The van der Waals surface area contributed by atoms with E-state index in [0.29, 0.717) is 5.69 Å². The summed E-state index contributed by atoms with van der Waals surface area (Å²) in [4.78, 5) is 6.50. The van der Waals surface area contributed by atoms with Crippen LogP contribution in [0.1, 0.15) is 25.1 Å². The molecule has 1 aliphatic heterocycles. The summed E-state index contributed by atoms with van der Waals surface area (Å²) in [7, 11) is 0. The molecule has 0 amide bonds. The molecule has 1 fully saturated rings. The molecule has 1 aliphatic rings. The van der Waals surface area contributed by atoms with Crippen molar-refractivity contribution in [2.75, 3.05) is 13.1 Å². The molecule has 2 rings (SSSR count). The normalized spacial score (nSPS) is 25.0. The number of nitrogens with two attached hydrogens (primary N) is 1. The number of ether oxygens (including phenoxy) is 1. The Morgan fingerprint density at radius 1 is 1.50 bits per heavy atom. The summed E-state index contributed by atoms with van der Waals surface area (Å²) in [6, 6.07) is 3.86. The van der Waals surface area contributed by atoms with Crippen molar-refractivity contribution in [1.29, 1.82) is 5.41 Å². The summed E-state index contributed by atoms with van der Waals surface area (Å²) < 4.78 is 5.71. The molecule has 5 heteroatoms. The highest BCUT2D eigenvalue weighted by molar-refractivity contribution is 5.94. The summed E-state index contributed by atoms with van der Waals surface area (Å²) in [6.07, 6.45) is 2.16. The number of pyridine rings is 1. The highest BCUT2D eigenvalue weighted by Crippen LogP contribution is 2.15. The summed E-state index contributed by atoms with van der Waals surface area (Å²) in [5, 5.41) is 7.54. The van der Waals surface area contributed by atoms with E-state index in [2.05, 4.69) is 23.7 Å². The molecule has 98 valence electrons. The zero-order valence-electron chi connectivity index (χ0n) is 10.9. The van der Waals surface area contributed by atoms with Gasteiger partial charge in [-0.3, -0.25) is 15.3 Å². The van der Waals surface area contributed by atoms with Gasteiger partial charge in [-0.1, -0.05) is 6.07 Å². The fraction of sp³-hybridized carbons (Fsp3) is 0.538. The predicted molar refractivity (Wildman–Crippen MR) is 70.5 cm³/mol. The average molecular weight is 248 g/mol. The van der Waals surface area contributed by atoms with Crippen molar-refractivity contribution >= 4 is 5.84 Å². The van der Waals surface area contributed by atoms with E-state index in [1.165, 1.54) is 0 Å². The Labute approximate surface area is 107 Å². The van der Waals surface area contributed by atoms with E-state index in [9.17, 15) is 0 Å². The number of nitrogens with one attached hydrogen (secondary N) is 1. The molecule has 1 aromatic rings. The second-order valence-corrected chi connectivity index (χ2v) is 4.88. The largest absolute Gasteiger partial charge is 0.382 e. The number of aromatic nitrogens is 1. The van der Waals surface area contributed by atoms with Crippen LogP contribution >= 0.6 is 0 Å². The average Bonchev–Trinajstić information content (AvgIpc) is 2.27. The Balaban J connectivity index is 2.11. The first-order chi connectivity index (χ1) is 8.56. The second-order valence-electron chi connectivity index (χ2n) is 4.88. The molecular formula is C13H20N4O. The van der Waals surface area contributed by atoms with Gasteiger partial charge in [0.1, 0.15) is 11.5 Å². The van der Waals surface area contributed by atoms with Crippen LogP contribution in [0.25, 0.3) is 0 Å². The standard InChI is InChI=1S/C13H20N4O/c1-9-6-17(7-10(2)18-9)8-11-4-3-5-16-12(11)13(14)15/h3-5,9-10H,6-8H2,1-2H3,(H3,14,15). The quantitative estimate of drug-likeness (QED) is 0.617. The van der Waals surface area contributed by atoms with Gasteiger partial charge in [0.05, 0.1) is 12.2 Å². The zero-order chi connectivity index (χ0) is 13.1. The van der Waals surface area contributed by atoms with Crippen molar-refractivity contribution in [1.82, 2.24) is 9.88 Å². The van der Waals surface area contributed by atoms with Crippen LogP contribution in [0.2, 0.25) is 0 Å². The highest BCUT2D eigenvalue weighted by atomic mass is 16.5. The van der Waals surface area contributed by atoms with Crippen molar-refractivity contribution in [2.24, 2.45) is 5.73 Å². The third-order valence-corrected chi connectivity index (χ3v) is 3.04. The molecule has 0 bridgehead atoms. The minimum atomic E-state index is 0.0277. The molecule has 3 N–H and O–H groups in total. The number of rotatable bonds is 3. The van der Waals surface area contributed by atoms with Crippen molar-refractivity contribution in [3.63, 3.8) is 0 Å². The van der Waals surface area contributed by atoms with Gasteiger partial charge in [-0.2, -0.15) is 0 Å². The van der Waals surface area contributed by atoms with Crippen LogP contribution in [-0.2, 0) is 11.3 Å². The minimum absolute atomic E-state index is 0.0277. The Hall–Kier alpha value is -1.46. The number of hydrogen-bond donors (Lipinski definition) is 2. The Kier molecular flexibility index (Phi) is 3.93. The molecular weight excluding hydrogens is 228 g/mol. The number of hydrogen-bond acceptors (Lipinski definition) is 4. The maximum absolute atomic E-state index is 7.54. The summed E-state index contributed by atoms with van der Waals surface area (Å²) in [5.74, 6) is 0.0277. The van der Waals surface area contributed by atoms with Crippen LogP contribution in [0.3, 0.4) is 0 Å². The van der Waals surface area contributed by atoms with E-state index < -0.39 is 0 Å². The van der Waals surface area contributed by atoms with Gasteiger partial charge in [-0.05, 0) is 25.5 Å². The summed E-state index contributed by atoms with van der Waals surface area (Å²) in [6.45, 7) is 6.73. The Morgan fingerprint density at radius 2 is 2.17 bits per heavy atom. The van der Waals surface area contributed by atoms with Crippen molar-refractivity contribution in [2.45, 2.75) is 32.6 Å². The summed E-state index contributed by atoms with van der Waals surface area (Å²) >= 11 is 0. The Bertz CT molecular complexity index is 425. The minimum Gasteiger partial charge on any atom is -0.382 e. The predicted octanol–water partition coefficient (Wildman–Crippen LogP) is 0.975. The van der Waals surface area contributed by atoms with Gasteiger partial charge in [0, 0.05) is 25.8 Å². The molecule has 0 radical (unpaired) electrons. The molecule has 0 aromatic carbocycles. The van der Waals surface area contributed by atoms with Gasteiger partial charge in [-0.25, -0.2) is 0 Å². The number of nitrogens with zero attached hydrogens (tertiary/aromatic N) is 2. The van der Waals surface area contributed by atoms with Gasteiger partial charge in [0.2, 0.25) is 0 Å². The van der Waals surface area contributed by atoms with Crippen LogP contribution in [0, 0.1) is 5.41 Å².